The monoisotopic (exact) mass is 226 g/mol. The van der Waals surface area contributed by atoms with Gasteiger partial charge in [-0.25, -0.2) is 0 Å². The molecule has 0 aromatic carbocycles. The van der Waals surface area contributed by atoms with Crippen LogP contribution >= 0.6 is 11.3 Å². The van der Waals surface area contributed by atoms with E-state index in [4.69, 9.17) is 0 Å². The Morgan fingerprint density at radius 3 is 2.33 bits per heavy atom. The summed E-state index contributed by atoms with van der Waals surface area (Å²) in [6.45, 7) is 12.7. The SMILES string of the molecule is CC(C)(C)CC(C)(C)[NH2+]Cc1ccsc1. The second kappa shape index (κ2) is 4.67. The largest absolute Gasteiger partial charge is 0.338 e. The average Bonchev–Trinajstić information content (AvgIpc) is 2.47. The number of rotatable bonds is 4. The summed E-state index contributed by atoms with van der Waals surface area (Å²) in [5, 5.41) is 6.85. The van der Waals surface area contributed by atoms with E-state index >= 15 is 0 Å². The first-order valence-electron chi connectivity index (χ1n) is 5.64. The highest BCUT2D eigenvalue weighted by Crippen LogP contribution is 2.24. The summed E-state index contributed by atoms with van der Waals surface area (Å²) in [6.07, 6.45) is 1.24. The molecule has 0 amide bonds. The molecule has 0 atom stereocenters. The molecule has 0 saturated carbocycles. The topological polar surface area (TPSA) is 16.6 Å². The lowest BCUT2D eigenvalue weighted by molar-refractivity contribution is -0.737. The Hall–Kier alpha value is -0.340. The second-order valence-corrected chi connectivity index (χ2v) is 7.05. The number of hydrogen-bond acceptors (Lipinski definition) is 1. The highest BCUT2D eigenvalue weighted by molar-refractivity contribution is 7.07. The zero-order chi connectivity index (χ0) is 11.5. The molecule has 86 valence electrons. The number of thiophene rings is 1. The van der Waals surface area contributed by atoms with Gasteiger partial charge in [0, 0.05) is 12.0 Å². The fourth-order valence-electron chi connectivity index (χ4n) is 2.24. The standard InChI is InChI=1S/C13H23NS/c1-12(2,3)10-13(4,5)14-8-11-6-7-15-9-11/h6-7,9,14H,8,10H2,1-5H3/p+1. The van der Waals surface area contributed by atoms with Crippen molar-refractivity contribution in [3.8, 4) is 0 Å². The van der Waals surface area contributed by atoms with Gasteiger partial charge in [-0.3, -0.25) is 0 Å². The molecule has 1 rings (SSSR count). The van der Waals surface area contributed by atoms with Crippen molar-refractivity contribution >= 4 is 11.3 Å². The molecule has 1 heterocycles. The summed E-state index contributed by atoms with van der Waals surface area (Å²) in [5.41, 5.74) is 2.19. The molecule has 0 saturated heterocycles. The normalized spacial score (nSPS) is 13.1. The highest BCUT2D eigenvalue weighted by atomic mass is 32.1. The first kappa shape index (κ1) is 12.7. The van der Waals surface area contributed by atoms with Crippen molar-refractivity contribution in [3.05, 3.63) is 22.4 Å². The lowest BCUT2D eigenvalue weighted by atomic mass is 9.82. The minimum absolute atomic E-state index is 0.334. The average molecular weight is 226 g/mol. The van der Waals surface area contributed by atoms with Crippen LogP contribution in [-0.2, 0) is 6.54 Å². The number of quaternary nitrogens is 1. The molecule has 0 unspecified atom stereocenters. The molecule has 0 aliphatic heterocycles. The van der Waals surface area contributed by atoms with E-state index in [1.807, 2.05) is 0 Å². The molecule has 0 bridgehead atoms. The van der Waals surface area contributed by atoms with Gasteiger partial charge >= 0.3 is 0 Å². The summed E-state index contributed by atoms with van der Waals surface area (Å²) < 4.78 is 0. The molecule has 15 heavy (non-hydrogen) atoms. The Morgan fingerprint density at radius 1 is 1.20 bits per heavy atom. The molecule has 0 fully saturated rings. The van der Waals surface area contributed by atoms with Crippen LogP contribution in [0.25, 0.3) is 0 Å². The van der Waals surface area contributed by atoms with Crippen LogP contribution in [0, 0.1) is 5.41 Å². The number of nitrogens with two attached hydrogens (primary N) is 1. The van der Waals surface area contributed by atoms with Crippen LogP contribution in [0.5, 0.6) is 0 Å². The number of hydrogen-bond donors (Lipinski definition) is 1. The van der Waals surface area contributed by atoms with E-state index in [0.29, 0.717) is 11.0 Å². The summed E-state index contributed by atoms with van der Waals surface area (Å²) >= 11 is 1.78. The summed E-state index contributed by atoms with van der Waals surface area (Å²) in [4.78, 5) is 0. The molecule has 1 aromatic heterocycles. The first-order valence-corrected chi connectivity index (χ1v) is 6.58. The smallest absolute Gasteiger partial charge is 0.102 e. The van der Waals surface area contributed by atoms with Gasteiger partial charge in [-0.05, 0) is 36.1 Å². The van der Waals surface area contributed by atoms with Crippen LogP contribution in [0.4, 0.5) is 0 Å². The Balaban J connectivity index is 2.43. The summed E-state index contributed by atoms with van der Waals surface area (Å²) in [6, 6.07) is 2.22. The Labute approximate surface area is 97.9 Å². The zero-order valence-corrected chi connectivity index (χ0v) is 11.4. The van der Waals surface area contributed by atoms with E-state index in [2.05, 4.69) is 56.8 Å². The van der Waals surface area contributed by atoms with Crippen molar-refractivity contribution < 1.29 is 5.32 Å². The van der Waals surface area contributed by atoms with E-state index in [1.165, 1.54) is 12.0 Å². The Kier molecular flexibility index (Phi) is 3.96. The van der Waals surface area contributed by atoms with Gasteiger partial charge in [0.2, 0.25) is 0 Å². The van der Waals surface area contributed by atoms with E-state index in [9.17, 15) is 0 Å². The molecule has 1 nitrogen and oxygen atoms in total. The fourth-order valence-corrected chi connectivity index (χ4v) is 2.92. The van der Waals surface area contributed by atoms with Crippen LogP contribution in [0.15, 0.2) is 16.8 Å². The third-order valence-electron chi connectivity index (χ3n) is 2.46. The predicted molar refractivity (Wildman–Crippen MR) is 68.1 cm³/mol. The molecule has 0 radical (unpaired) electrons. The Morgan fingerprint density at radius 2 is 1.87 bits per heavy atom. The maximum absolute atomic E-state index is 2.46. The first-order chi connectivity index (χ1) is 6.79. The third-order valence-corrected chi connectivity index (χ3v) is 3.19. The van der Waals surface area contributed by atoms with Crippen molar-refractivity contribution in [1.82, 2.24) is 0 Å². The molecule has 0 aliphatic carbocycles. The van der Waals surface area contributed by atoms with Gasteiger partial charge in [0.25, 0.3) is 0 Å². The fraction of sp³-hybridized carbons (Fsp3) is 0.692. The van der Waals surface area contributed by atoms with Crippen LogP contribution in [0.3, 0.4) is 0 Å². The molecule has 1 aromatic rings. The zero-order valence-electron chi connectivity index (χ0n) is 10.6. The van der Waals surface area contributed by atoms with Crippen LogP contribution in [0.2, 0.25) is 0 Å². The Bertz CT molecular complexity index is 280. The van der Waals surface area contributed by atoms with Gasteiger partial charge in [0.05, 0.1) is 5.54 Å². The third kappa shape index (κ3) is 5.33. The highest BCUT2D eigenvalue weighted by Gasteiger charge is 2.28. The summed E-state index contributed by atoms with van der Waals surface area (Å²) in [5.74, 6) is 0. The lowest BCUT2D eigenvalue weighted by Crippen LogP contribution is -2.94. The molecule has 2 heteroatoms. The van der Waals surface area contributed by atoms with Crippen molar-refractivity contribution in [2.24, 2.45) is 5.41 Å². The summed E-state index contributed by atoms with van der Waals surface area (Å²) in [7, 11) is 0. The molecule has 0 spiro atoms. The van der Waals surface area contributed by atoms with Crippen LogP contribution in [0.1, 0.15) is 46.6 Å². The quantitative estimate of drug-likeness (QED) is 0.813. The molecular weight excluding hydrogens is 202 g/mol. The van der Waals surface area contributed by atoms with Crippen molar-refractivity contribution in [1.29, 1.82) is 0 Å². The van der Waals surface area contributed by atoms with E-state index in [0.717, 1.165) is 6.54 Å². The van der Waals surface area contributed by atoms with Crippen molar-refractivity contribution in [2.45, 2.75) is 53.1 Å². The second-order valence-electron chi connectivity index (χ2n) is 6.27. The van der Waals surface area contributed by atoms with Gasteiger partial charge in [0.15, 0.2) is 0 Å². The van der Waals surface area contributed by atoms with E-state index < -0.39 is 0 Å². The van der Waals surface area contributed by atoms with E-state index in [-0.39, 0.29) is 0 Å². The molecule has 2 N–H and O–H groups in total. The van der Waals surface area contributed by atoms with Crippen LogP contribution in [-0.4, -0.2) is 5.54 Å². The predicted octanol–water partition coefficient (Wildman–Crippen LogP) is 3.03. The van der Waals surface area contributed by atoms with Crippen LogP contribution < -0.4 is 5.32 Å². The minimum atomic E-state index is 0.334. The van der Waals surface area contributed by atoms with Gasteiger partial charge in [-0.15, -0.1) is 0 Å². The molecular formula is C13H24NS+. The van der Waals surface area contributed by atoms with Gasteiger partial charge in [-0.1, -0.05) is 20.8 Å². The van der Waals surface area contributed by atoms with Gasteiger partial charge in [-0.2, -0.15) is 11.3 Å². The maximum atomic E-state index is 2.46. The minimum Gasteiger partial charge on any atom is -0.338 e. The maximum Gasteiger partial charge on any atom is 0.102 e. The van der Waals surface area contributed by atoms with Gasteiger partial charge < -0.3 is 5.32 Å². The van der Waals surface area contributed by atoms with Gasteiger partial charge in [0.1, 0.15) is 6.54 Å². The van der Waals surface area contributed by atoms with Crippen molar-refractivity contribution in [2.75, 3.05) is 0 Å². The van der Waals surface area contributed by atoms with E-state index in [1.54, 1.807) is 11.3 Å². The molecule has 0 aliphatic rings. The lowest BCUT2D eigenvalue weighted by Gasteiger charge is -2.30. The van der Waals surface area contributed by atoms with Crippen molar-refractivity contribution in [3.63, 3.8) is 0 Å².